The van der Waals surface area contributed by atoms with E-state index in [9.17, 15) is 14.7 Å². The SMILES string of the molecule is CCCCC(NC(C)=O)[C@@H]1C[C@@H](C(=O)O)C[C@H]1N=C(N)N. The Labute approximate surface area is 125 Å². The third-order valence-corrected chi connectivity index (χ3v) is 4.02. The van der Waals surface area contributed by atoms with E-state index in [1.54, 1.807) is 0 Å². The van der Waals surface area contributed by atoms with Crippen molar-refractivity contribution in [3.63, 3.8) is 0 Å². The number of unbranched alkanes of at least 4 members (excludes halogenated alkanes) is 1. The van der Waals surface area contributed by atoms with Crippen LogP contribution in [-0.4, -0.2) is 35.0 Å². The fraction of sp³-hybridized carbons (Fsp3) is 0.786. The van der Waals surface area contributed by atoms with Crippen LogP contribution in [0.2, 0.25) is 0 Å². The number of carboxylic acids is 1. The summed E-state index contributed by atoms with van der Waals surface area (Å²) in [6.07, 6.45) is 3.70. The van der Waals surface area contributed by atoms with Gasteiger partial charge in [-0.15, -0.1) is 0 Å². The first kappa shape index (κ1) is 17.3. The Morgan fingerprint density at radius 3 is 2.52 bits per heavy atom. The van der Waals surface area contributed by atoms with Crippen LogP contribution in [0.15, 0.2) is 4.99 Å². The highest BCUT2D eigenvalue weighted by Crippen LogP contribution is 2.37. The molecule has 1 aliphatic carbocycles. The summed E-state index contributed by atoms with van der Waals surface area (Å²) in [7, 11) is 0. The lowest BCUT2D eigenvalue weighted by Gasteiger charge is -2.27. The highest BCUT2D eigenvalue weighted by atomic mass is 16.4. The molecule has 1 unspecified atom stereocenters. The Bertz CT molecular complexity index is 407. The molecule has 6 N–H and O–H groups in total. The number of hydrogen-bond acceptors (Lipinski definition) is 3. The van der Waals surface area contributed by atoms with Crippen molar-refractivity contribution >= 4 is 17.8 Å². The molecule has 0 saturated heterocycles. The van der Waals surface area contributed by atoms with Crippen molar-refractivity contribution in [3.05, 3.63) is 0 Å². The second-order valence-corrected chi connectivity index (χ2v) is 5.74. The predicted octanol–water partition coefficient (Wildman–Crippen LogP) is 0.434. The number of carbonyl (C=O) groups is 2. The molecule has 4 atom stereocenters. The van der Waals surface area contributed by atoms with E-state index in [0.29, 0.717) is 12.8 Å². The number of nitrogens with one attached hydrogen (secondary N) is 1. The second-order valence-electron chi connectivity index (χ2n) is 5.74. The number of carbonyl (C=O) groups excluding carboxylic acids is 1. The van der Waals surface area contributed by atoms with Gasteiger partial charge in [-0.05, 0) is 19.3 Å². The zero-order valence-electron chi connectivity index (χ0n) is 12.7. The number of nitrogens with two attached hydrogens (primary N) is 2. The molecular weight excluding hydrogens is 272 g/mol. The molecule has 1 saturated carbocycles. The first-order chi connectivity index (χ1) is 9.85. The molecule has 7 nitrogen and oxygen atoms in total. The largest absolute Gasteiger partial charge is 0.481 e. The number of rotatable bonds is 7. The smallest absolute Gasteiger partial charge is 0.306 e. The monoisotopic (exact) mass is 298 g/mol. The van der Waals surface area contributed by atoms with Crippen LogP contribution in [0.1, 0.15) is 46.0 Å². The Morgan fingerprint density at radius 2 is 2.05 bits per heavy atom. The maximum absolute atomic E-state index is 11.4. The van der Waals surface area contributed by atoms with Gasteiger partial charge in [0.1, 0.15) is 0 Å². The highest BCUT2D eigenvalue weighted by molar-refractivity contribution is 5.76. The summed E-state index contributed by atoms with van der Waals surface area (Å²) in [5.74, 6) is -1.47. The average molecular weight is 298 g/mol. The van der Waals surface area contributed by atoms with Crippen molar-refractivity contribution < 1.29 is 14.7 Å². The summed E-state index contributed by atoms with van der Waals surface area (Å²) in [5, 5.41) is 12.2. The first-order valence-corrected chi connectivity index (χ1v) is 7.43. The van der Waals surface area contributed by atoms with Crippen LogP contribution in [0.4, 0.5) is 0 Å². The van der Waals surface area contributed by atoms with E-state index in [2.05, 4.69) is 17.2 Å². The highest BCUT2D eigenvalue weighted by Gasteiger charge is 2.42. The molecule has 0 aromatic heterocycles. The average Bonchev–Trinajstić information content (AvgIpc) is 2.77. The fourth-order valence-corrected chi connectivity index (χ4v) is 3.10. The molecule has 1 rings (SSSR count). The molecule has 120 valence electrons. The number of amides is 1. The maximum Gasteiger partial charge on any atom is 0.306 e. The molecule has 7 heteroatoms. The van der Waals surface area contributed by atoms with Gasteiger partial charge >= 0.3 is 5.97 Å². The number of aliphatic carboxylic acids is 1. The van der Waals surface area contributed by atoms with Crippen LogP contribution in [0.25, 0.3) is 0 Å². The topological polar surface area (TPSA) is 131 Å². The molecule has 0 aromatic carbocycles. The Balaban J connectivity index is 2.91. The Morgan fingerprint density at radius 1 is 1.38 bits per heavy atom. The third kappa shape index (κ3) is 5.24. The van der Waals surface area contributed by atoms with Gasteiger partial charge in [0.05, 0.1) is 12.0 Å². The van der Waals surface area contributed by atoms with Crippen LogP contribution in [0.3, 0.4) is 0 Å². The quantitative estimate of drug-likeness (QED) is 0.400. The van der Waals surface area contributed by atoms with Gasteiger partial charge < -0.3 is 21.9 Å². The minimum atomic E-state index is -0.828. The maximum atomic E-state index is 11.4. The molecule has 0 spiro atoms. The molecule has 21 heavy (non-hydrogen) atoms. The van der Waals surface area contributed by atoms with Crippen LogP contribution in [0.5, 0.6) is 0 Å². The molecule has 0 aromatic rings. The van der Waals surface area contributed by atoms with Gasteiger partial charge in [-0.3, -0.25) is 9.59 Å². The van der Waals surface area contributed by atoms with Gasteiger partial charge in [-0.25, -0.2) is 4.99 Å². The summed E-state index contributed by atoms with van der Waals surface area (Å²) >= 11 is 0. The molecule has 0 bridgehead atoms. The summed E-state index contributed by atoms with van der Waals surface area (Å²) in [4.78, 5) is 26.8. The summed E-state index contributed by atoms with van der Waals surface area (Å²) in [6, 6.07) is -0.329. The van der Waals surface area contributed by atoms with Crippen LogP contribution >= 0.6 is 0 Å². The number of nitrogens with zero attached hydrogens (tertiary/aromatic N) is 1. The normalized spacial score (nSPS) is 26.1. The minimum Gasteiger partial charge on any atom is -0.481 e. The third-order valence-electron chi connectivity index (χ3n) is 4.02. The van der Waals surface area contributed by atoms with Gasteiger partial charge in [-0.2, -0.15) is 0 Å². The van der Waals surface area contributed by atoms with Crippen molar-refractivity contribution in [2.75, 3.05) is 0 Å². The molecule has 0 heterocycles. The van der Waals surface area contributed by atoms with Gasteiger partial charge in [0.2, 0.25) is 5.91 Å². The number of carboxylic acid groups (broad SMARTS) is 1. The van der Waals surface area contributed by atoms with E-state index >= 15 is 0 Å². The van der Waals surface area contributed by atoms with E-state index in [4.69, 9.17) is 11.5 Å². The summed E-state index contributed by atoms with van der Waals surface area (Å²) in [5.41, 5.74) is 10.9. The molecule has 1 amide bonds. The van der Waals surface area contributed by atoms with Crippen molar-refractivity contribution in [1.29, 1.82) is 0 Å². The number of hydrogen-bond donors (Lipinski definition) is 4. The van der Waals surface area contributed by atoms with Crippen molar-refractivity contribution in [3.8, 4) is 0 Å². The molecule has 1 aliphatic rings. The summed E-state index contributed by atoms with van der Waals surface area (Å²) < 4.78 is 0. The van der Waals surface area contributed by atoms with Crippen LogP contribution in [-0.2, 0) is 9.59 Å². The van der Waals surface area contributed by atoms with E-state index in [0.717, 1.165) is 19.3 Å². The predicted molar refractivity (Wildman–Crippen MR) is 80.6 cm³/mol. The number of guanidine groups is 1. The zero-order chi connectivity index (χ0) is 16.0. The summed E-state index contributed by atoms with van der Waals surface area (Å²) in [6.45, 7) is 3.55. The Hall–Kier alpha value is -1.79. The molecular formula is C14H26N4O3. The minimum absolute atomic E-state index is 0.0342. The van der Waals surface area contributed by atoms with Gasteiger partial charge in [-0.1, -0.05) is 19.8 Å². The standard InChI is InChI=1S/C14H26N4O3/c1-3-4-5-11(17-8(2)19)10-6-9(13(20)21)7-12(10)18-14(15)16/h9-12H,3-7H2,1-2H3,(H,17,19)(H,20,21)(H4,15,16,18)/t9-,10+,11?,12-/m1/s1. The van der Waals surface area contributed by atoms with Crippen molar-refractivity contribution in [2.24, 2.45) is 28.3 Å². The first-order valence-electron chi connectivity index (χ1n) is 7.43. The second kappa shape index (κ2) is 7.85. The molecule has 0 radical (unpaired) electrons. The molecule has 1 fully saturated rings. The Kier molecular flexibility index (Phi) is 6.45. The van der Waals surface area contributed by atoms with Gasteiger partial charge in [0, 0.05) is 18.9 Å². The zero-order valence-corrected chi connectivity index (χ0v) is 12.7. The van der Waals surface area contributed by atoms with Crippen molar-refractivity contribution in [1.82, 2.24) is 5.32 Å². The number of aliphatic imine (C=N–C) groups is 1. The van der Waals surface area contributed by atoms with Crippen molar-refractivity contribution in [2.45, 2.75) is 58.0 Å². The lowest BCUT2D eigenvalue weighted by atomic mass is 9.90. The van der Waals surface area contributed by atoms with E-state index < -0.39 is 11.9 Å². The lowest BCUT2D eigenvalue weighted by molar-refractivity contribution is -0.141. The van der Waals surface area contributed by atoms with Gasteiger partial charge in [0.15, 0.2) is 5.96 Å². The van der Waals surface area contributed by atoms with E-state index in [1.807, 2.05) is 0 Å². The lowest BCUT2D eigenvalue weighted by Crippen LogP contribution is -2.42. The van der Waals surface area contributed by atoms with Gasteiger partial charge in [0.25, 0.3) is 0 Å². The van der Waals surface area contributed by atoms with E-state index in [-0.39, 0.29) is 29.9 Å². The van der Waals surface area contributed by atoms with Crippen LogP contribution < -0.4 is 16.8 Å². The molecule has 0 aliphatic heterocycles. The van der Waals surface area contributed by atoms with Crippen LogP contribution in [0, 0.1) is 11.8 Å². The van der Waals surface area contributed by atoms with E-state index in [1.165, 1.54) is 6.92 Å². The fourth-order valence-electron chi connectivity index (χ4n) is 3.10.